The summed E-state index contributed by atoms with van der Waals surface area (Å²) in [5.41, 5.74) is 10.2. The number of fused-ring (bicyclic) bond motifs is 3. The molecule has 3 N–H and O–H groups in total. The van der Waals surface area contributed by atoms with Gasteiger partial charge >= 0.3 is 0 Å². The minimum atomic E-state index is 0.538. The summed E-state index contributed by atoms with van der Waals surface area (Å²) >= 11 is 6.01. The van der Waals surface area contributed by atoms with Gasteiger partial charge in [0, 0.05) is 23.7 Å². The molecule has 0 amide bonds. The van der Waals surface area contributed by atoms with Gasteiger partial charge in [0.2, 0.25) is 0 Å². The second-order valence-electron chi connectivity index (χ2n) is 5.47. The van der Waals surface area contributed by atoms with Crippen molar-refractivity contribution in [2.45, 2.75) is 0 Å². The van der Waals surface area contributed by atoms with Crippen LogP contribution in [-0.2, 0) is 0 Å². The van der Waals surface area contributed by atoms with Crippen LogP contribution in [0.3, 0.4) is 0 Å². The van der Waals surface area contributed by atoms with Crippen LogP contribution in [-0.4, -0.2) is 27.5 Å². The smallest absolute Gasteiger partial charge is 0.158 e. The molecule has 0 saturated heterocycles. The minimum Gasteiger partial charge on any atom is -0.368 e. The minimum absolute atomic E-state index is 0.538. The maximum absolute atomic E-state index is 6.01. The van der Waals surface area contributed by atoms with Crippen molar-refractivity contribution in [1.82, 2.24) is 14.4 Å². The first kappa shape index (κ1) is 14.9. The lowest BCUT2D eigenvalue weighted by atomic mass is 10.1. The fraction of sp³-hybridized carbons (Fsp3) is 0.111. The molecular formula is C18H16ClN5. The zero-order chi connectivity index (χ0) is 16.5. The molecule has 2 aromatic carbocycles. The Bertz CT molecular complexity index is 1010. The van der Waals surface area contributed by atoms with Gasteiger partial charge in [-0.3, -0.25) is 9.38 Å². The summed E-state index contributed by atoms with van der Waals surface area (Å²) in [5.74, 6) is 0.913. The molecule has 24 heavy (non-hydrogen) atoms. The van der Waals surface area contributed by atoms with Crippen molar-refractivity contribution < 1.29 is 0 Å². The number of rotatable bonds is 4. The van der Waals surface area contributed by atoms with E-state index >= 15 is 0 Å². The molecule has 4 rings (SSSR count). The Morgan fingerprint density at radius 2 is 1.88 bits per heavy atom. The molecule has 4 aromatic rings. The molecule has 0 bridgehead atoms. The Morgan fingerprint density at radius 3 is 2.67 bits per heavy atom. The summed E-state index contributed by atoms with van der Waals surface area (Å²) in [6, 6.07) is 15.7. The third-order valence-electron chi connectivity index (χ3n) is 3.90. The van der Waals surface area contributed by atoms with Crippen LogP contribution in [0.1, 0.15) is 0 Å². The first-order valence-corrected chi connectivity index (χ1v) is 8.12. The Balaban J connectivity index is 2.02. The lowest BCUT2D eigenvalue weighted by Gasteiger charge is -2.09. The van der Waals surface area contributed by atoms with Gasteiger partial charge in [0.05, 0.1) is 17.2 Å². The number of nitrogens with zero attached hydrogens (tertiary/aromatic N) is 3. The molecule has 2 heterocycles. The monoisotopic (exact) mass is 337 g/mol. The van der Waals surface area contributed by atoms with Gasteiger partial charge in [-0.15, -0.1) is 0 Å². The second kappa shape index (κ2) is 6.11. The van der Waals surface area contributed by atoms with Crippen LogP contribution >= 0.6 is 11.6 Å². The average Bonchev–Trinajstić information content (AvgIpc) is 2.99. The van der Waals surface area contributed by atoms with Crippen molar-refractivity contribution in [1.29, 1.82) is 0 Å². The number of aromatic nitrogens is 3. The number of halogens is 1. The van der Waals surface area contributed by atoms with Gasteiger partial charge in [0.1, 0.15) is 11.5 Å². The summed E-state index contributed by atoms with van der Waals surface area (Å²) in [7, 11) is 0. The highest BCUT2D eigenvalue weighted by molar-refractivity contribution is 6.30. The van der Waals surface area contributed by atoms with E-state index in [0.717, 1.165) is 33.8 Å². The fourth-order valence-electron chi connectivity index (χ4n) is 2.82. The van der Waals surface area contributed by atoms with E-state index in [1.54, 1.807) is 6.20 Å². The van der Waals surface area contributed by atoms with Crippen LogP contribution < -0.4 is 11.1 Å². The second-order valence-corrected chi connectivity index (χ2v) is 5.91. The molecule has 0 spiro atoms. The van der Waals surface area contributed by atoms with Gasteiger partial charge in [-0.2, -0.15) is 0 Å². The van der Waals surface area contributed by atoms with Crippen LogP contribution in [0.2, 0.25) is 5.02 Å². The van der Waals surface area contributed by atoms with E-state index in [1.807, 2.05) is 48.5 Å². The van der Waals surface area contributed by atoms with Crippen molar-refractivity contribution in [2.75, 3.05) is 18.4 Å². The molecular weight excluding hydrogens is 322 g/mol. The van der Waals surface area contributed by atoms with Gasteiger partial charge in [0.25, 0.3) is 0 Å². The molecule has 0 fully saturated rings. The maximum Gasteiger partial charge on any atom is 0.158 e. The van der Waals surface area contributed by atoms with Crippen molar-refractivity contribution in [3.8, 4) is 11.3 Å². The van der Waals surface area contributed by atoms with E-state index in [-0.39, 0.29) is 0 Å². The fourth-order valence-corrected chi connectivity index (χ4v) is 2.95. The molecule has 0 aliphatic carbocycles. The third kappa shape index (κ3) is 2.48. The van der Waals surface area contributed by atoms with Crippen molar-refractivity contribution >= 4 is 34.1 Å². The number of imidazole rings is 1. The highest BCUT2D eigenvalue weighted by Gasteiger charge is 2.16. The van der Waals surface area contributed by atoms with Crippen LogP contribution in [0.15, 0.2) is 54.7 Å². The number of hydrogen-bond donors (Lipinski definition) is 2. The van der Waals surface area contributed by atoms with Gasteiger partial charge < -0.3 is 11.1 Å². The lowest BCUT2D eigenvalue weighted by Crippen LogP contribution is -2.14. The predicted octanol–water partition coefficient (Wildman–Crippen LogP) is 3.57. The topological polar surface area (TPSA) is 68.2 Å². The molecule has 0 aliphatic rings. The van der Waals surface area contributed by atoms with E-state index in [1.165, 1.54) is 0 Å². The molecule has 0 atom stereocenters. The van der Waals surface area contributed by atoms with Gasteiger partial charge in [-0.1, -0.05) is 35.9 Å². The Kier molecular flexibility index (Phi) is 3.80. The summed E-state index contributed by atoms with van der Waals surface area (Å²) in [6.45, 7) is 1.20. The molecule has 2 aromatic heterocycles. The number of benzene rings is 2. The summed E-state index contributed by atoms with van der Waals surface area (Å²) in [4.78, 5) is 9.26. The Labute approximate surface area is 144 Å². The van der Waals surface area contributed by atoms with Crippen molar-refractivity contribution in [3.05, 3.63) is 59.8 Å². The molecule has 0 radical (unpaired) electrons. The average molecular weight is 338 g/mol. The lowest BCUT2D eigenvalue weighted by molar-refractivity contribution is 1.01. The highest BCUT2D eigenvalue weighted by Crippen LogP contribution is 2.31. The van der Waals surface area contributed by atoms with Crippen LogP contribution in [0.5, 0.6) is 0 Å². The number of hydrogen-bond acceptors (Lipinski definition) is 4. The van der Waals surface area contributed by atoms with Crippen molar-refractivity contribution in [3.63, 3.8) is 0 Å². The van der Waals surface area contributed by atoms with Gasteiger partial charge in [-0.25, -0.2) is 4.98 Å². The molecule has 0 aliphatic heterocycles. The molecule has 0 unspecified atom stereocenters. The quantitative estimate of drug-likeness (QED) is 0.597. The largest absolute Gasteiger partial charge is 0.368 e. The van der Waals surface area contributed by atoms with Crippen LogP contribution in [0.4, 0.5) is 5.82 Å². The summed E-state index contributed by atoms with van der Waals surface area (Å²) in [6.07, 6.45) is 1.79. The van der Waals surface area contributed by atoms with Gasteiger partial charge in [0.15, 0.2) is 5.65 Å². The highest BCUT2D eigenvalue weighted by atomic mass is 35.5. The summed E-state index contributed by atoms with van der Waals surface area (Å²) < 4.78 is 2.09. The Morgan fingerprint density at radius 1 is 1.08 bits per heavy atom. The van der Waals surface area contributed by atoms with Crippen LogP contribution in [0, 0.1) is 0 Å². The van der Waals surface area contributed by atoms with Crippen molar-refractivity contribution in [2.24, 2.45) is 5.73 Å². The van der Waals surface area contributed by atoms with Crippen LogP contribution in [0.25, 0.3) is 27.9 Å². The van der Waals surface area contributed by atoms with E-state index in [2.05, 4.69) is 14.7 Å². The number of para-hydroxylation sites is 2. The number of nitrogens with one attached hydrogen (secondary N) is 1. The van der Waals surface area contributed by atoms with Gasteiger partial charge in [-0.05, 0) is 24.3 Å². The molecule has 5 nitrogen and oxygen atoms in total. The molecule has 120 valence electrons. The summed E-state index contributed by atoms with van der Waals surface area (Å²) in [5, 5.41) is 4.11. The molecule has 6 heteroatoms. The SMILES string of the molecule is NCCNc1c(-c2ccc(Cl)cc2)nc2cnc3ccccc3n12. The molecule has 0 saturated carbocycles. The Hall–Kier alpha value is -2.63. The first-order valence-electron chi connectivity index (χ1n) is 7.74. The first-order chi connectivity index (χ1) is 11.8. The van der Waals surface area contributed by atoms with E-state index in [0.29, 0.717) is 18.1 Å². The number of nitrogens with two attached hydrogens (primary N) is 1. The van der Waals surface area contributed by atoms with E-state index < -0.39 is 0 Å². The van der Waals surface area contributed by atoms with E-state index in [9.17, 15) is 0 Å². The predicted molar refractivity (Wildman–Crippen MR) is 98.5 cm³/mol. The standard InChI is InChI=1S/C18H16ClN5/c19-13-7-5-12(6-8-13)17-18(21-10-9-20)24-15-4-2-1-3-14(15)22-11-16(24)23-17/h1-8,11,21H,9-10,20H2. The normalized spacial score (nSPS) is 11.2. The third-order valence-corrected chi connectivity index (χ3v) is 4.15. The number of anilines is 1. The maximum atomic E-state index is 6.01. The van der Waals surface area contributed by atoms with E-state index in [4.69, 9.17) is 22.3 Å². The zero-order valence-corrected chi connectivity index (χ0v) is 13.7. The zero-order valence-electron chi connectivity index (χ0n) is 12.9.